The van der Waals surface area contributed by atoms with Crippen molar-refractivity contribution >= 4 is 70.1 Å². The number of furan rings is 3. The Hall–Kier alpha value is -7.69. The number of nitrogens with zero attached hydrogens (tertiary/aromatic N) is 9. The first-order chi connectivity index (χ1) is 36.6. The van der Waals surface area contributed by atoms with E-state index in [1.54, 1.807) is 53.9 Å². The van der Waals surface area contributed by atoms with Gasteiger partial charge in [-0.05, 0) is 143 Å². The Kier molecular flexibility index (Phi) is 14.0. The predicted octanol–water partition coefficient (Wildman–Crippen LogP) is 11.4. The van der Waals surface area contributed by atoms with Gasteiger partial charge in [0.25, 0.3) is 5.91 Å². The summed E-state index contributed by atoms with van der Waals surface area (Å²) in [7, 11) is 0. The number of rotatable bonds is 21. The van der Waals surface area contributed by atoms with Gasteiger partial charge in [0.1, 0.15) is 35.1 Å². The third-order valence-corrected chi connectivity index (χ3v) is 16.6. The maximum atomic E-state index is 15.7. The van der Waals surface area contributed by atoms with Gasteiger partial charge >= 0.3 is 0 Å². The fraction of sp³-hybridized carbons (Fsp3) is 0.264. The molecule has 0 bridgehead atoms. The van der Waals surface area contributed by atoms with Crippen molar-refractivity contribution in [3.63, 3.8) is 0 Å². The van der Waals surface area contributed by atoms with Gasteiger partial charge in [-0.25, -0.2) is 4.39 Å². The number of carbonyl (C=O) groups excluding carboxylic acids is 3. The Morgan fingerprint density at radius 2 is 1.11 bits per heavy atom. The summed E-state index contributed by atoms with van der Waals surface area (Å²) in [5.41, 5.74) is 3.46. The molecule has 2 atom stereocenters. The van der Waals surface area contributed by atoms with Gasteiger partial charge in [0.15, 0.2) is 32.9 Å². The Labute approximate surface area is 442 Å². The molecule has 6 heterocycles. The van der Waals surface area contributed by atoms with Crippen LogP contribution in [0, 0.1) is 5.92 Å². The van der Waals surface area contributed by atoms with E-state index in [1.807, 2.05) is 103 Å². The number of carbonyl (C=O) groups is 3. The number of halogens is 1. The molecule has 3 N–H and O–H groups in total. The second kappa shape index (κ2) is 21.3. The van der Waals surface area contributed by atoms with E-state index in [2.05, 4.69) is 46.5 Å². The molecule has 11 rings (SSSR count). The summed E-state index contributed by atoms with van der Waals surface area (Å²) in [5, 5.41) is 36.3. The van der Waals surface area contributed by atoms with Crippen molar-refractivity contribution in [3.8, 4) is 56.8 Å². The predicted molar refractivity (Wildman–Crippen MR) is 284 cm³/mol. The first-order valence-corrected chi connectivity index (χ1v) is 27.0. The Morgan fingerprint density at radius 3 is 1.63 bits per heavy atom. The largest absolute Gasteiger partial charge is 0.472 e. The molecule has 382 valence electrons. The number of benzene rings is 3. The molecule has 6 aromatic heterocycles. The Balaban J connectivity index is 0.685. The average molecular weight is 1070 g/mol. The number of alkyl halides is 1. The summed E-state index contributed by atoms with van der Waals surface area (Å²) in [6.07, 6.45) is 9.82. The van der Waals surface area contributed by atoms with Crippen LogP contribution in [-0.2, 0) is 34.0 Å². The zero-order chi connectivity index (χ0) is 51.6. The fourth-order valence-electron chi connectivity index (χ4n) is 8.51. The normalized spacial score (nSPS) is 14.6. The third-order valence-electron chi connectivity index (χ3n) is 12.9. The molecule has 2 aliphatic carbocycles. The van der Waals surface area contributed by atoms with Gasteiger partial charge in [-0.1, -0.05) is 41.7 Å². The summed E-state index contributed by atoms with van der Waals surface area (Å²) in [5.74, 6) is 2.12. The minimum absolute atomic E-state index is 0.0515. The van der Waals surface area contributed by atoms with Crippen LogP contribution in [0.2, 0.25) is 0 Å². The zero-order valence-corrected chi connectivity index (χ0v) is 43.3. The third kappa shape index (κ3) is 10.5. The summed E-state index contributed by atoms with van der Waals surface area (Å²) < 4.78 is 37.9. The second-order valence-electron chi connectivity index (χ2n) is 17.9. The van der Waals surface area contributed by atoms with E-state index in [-0.39, 0.29) is 28.1 Å². The van der Waals surface area contributed by atoms with Crippen LogP contribution in [0.3, 0.4) is 0 Å². The molecule has 2 unspecified atom stereocenters. The van der Waals surface area contributed by atoms with Crippen LogP contribution in [0.25, 0.3) is 56.8 Å². The zero-order valence-electron chi connectivity index (χ0n) is 40.8. The number of anilines is 3. The second-order valence-corrected chi connectivity index (χ2v) is 21.4. The molecule has 2 fully saturated rings. The van der Waals surface area contributed by atoms with Gasteiger partial charge in [0, 0.05) is 47.8 Å². The molecule has 0 spiro atoms. The topological polar surface area (TPSA) is 219 Å². The molecule has 75 heavy (non-hydrogen) atoms. The van der Waals surface area contributed by atoms with Crippen molar-refractivity contribution in [1.82, 2.24) is 44.3 Å². The maximum Gasteiger partial charge on any atom is 0.269 e. The number of hydrogen-bond donors (Lipinski definition) is 3. The highest BCUT2D eigenvalue weighted by Crippen LogP contribution is 2.52. The van der Waals surface area contributed by atoms with E-state index < -0.39 is 16.2 Å². The van der Waals surface area contributed by atoms with E-state index in [4.69, 9.17) is 13.3 Å². The van der Waals surface area contributed by atoms with Crippen molar-refractivity contribution in [3.05, 3.63) is 122 Å². The molecule has 2 saturated carbocycles. The molecule has 18 nitrogen and oxygen atoms in total. The van der Waals surface area contributed by atoms with E-state index >= 15 is 4.39 Å². The molecule has 9 aromatic rings. The van der Waals surface area contributed by atoms with Gasteiger partial charge in [-0.3, -0.25) is 14.4 Å². The lowest BCUT2D eigenvalue weighted by molar-refractivity contribution is -0.118. The first-order valence-electron chi connectivity index (χ1n) is 24.5. The van der Waals surface area contributed by atoms with Gasteiger partial charge in [-0.2, -0.15) is 0 Å². The van der Waals surface area contributed by atoms with Crippen molar-refractivity contribution in [2.75, 3.05) is 16.0 Å². The monoisotopic (exact) mass is 1060 g/mol. The highest BCUT2D eigenvalue weighted by Gasteiger charge is 2.52. The number of para-hydroxylation sites is 1. The highest BCUT2D eigenvalue weighted by atomic mass is 32.2. The van der Waals surface area contributed by atoms with Crippen LogP contribution in [-0.4, -0.2) is 77.5 Å². The molecule has 3 aromatic carbocycles. The van der Waals surface area contributed by atoms with Crippen LogP contribution >= 0.6 is 35.3 Å². The number of nitrogens with one attached hydrogen (secondary N) is 3. The van der Waals surface area contributed by atoms with Crippen LogP contribution in [0.1, 0.15) is 46.5 Å². The van der Waals surface area contributed by atoms with E-state index in [0.717, 1.165) is 53.6 Å². The number of hydrogen-bond acceptors (Lipinski definition) is 15. The van der Waals surface area contributed by atoms with Crippen molar-refractivity contribution in [1.29, 1.82) is 0 Å². The molecule has 0 radical (unpaired) electrons. The minimum Gasteiger partial charge on any atom is -0.472 e. The van der Waals surface area contributed by atoms with E-state index in [9.17, 15) is 14.4 Å². The molecule has 22 heteroatoms. The summed E-state index contributed by atoms with van der Waals surface area (Å²) in [6.45, 7) is 7.53. The first kappa shape index (κ1) is 49.5. The molecular weight excluding hydrogens is 1020 g/mol. The molecule has 3 amide bonds. The van der Waals surface area contributed by atoms with Gasteiger partial charge < -0.3 is 42.9 Å². The number of amides is 3. The quantitative estimate of drug-likeness (QED) is 0.0570. The van der Waals surface area contributed by atoms with Gasteiger partial charge in [0.2, 0.25) is 17.3 Å². The Morgan fingerprint density at radius 1 is 0.600 bits per heavy atom. The van der Waals surface area contributed by atoms with Crippen molar-refractivity contribution in [2.45, 2.75) is 97.1 Å². The van der Waals surface area contributed by atoms with Crippen LogP contribution in [0.4, 0.5) is 21.5 Å². The minimum atomic E-state index is -2.00. The number of thioether (sulfide) groups is 3. The maximum absolute atomic E-state index is 15.7. The lowest BCUT2D eigenvalue weighted by atomic mass is 10.1. The van der Waals surface area contributed by atoms with Crippen LogP contribution in [0.15, 0.2) is 151 Å². The molecule has 0 saturated heterocycles. The molecular formula is C53H49FN12O6S3. The Bertz CT molecular complexity index is 3470. The summed E-state index contributed by atoms with van der Waals surface area (Å²) in [4.78, 5) is 40.1. The van der Waals surface area contributed by atoms with Gasteiger partial charge in [-0.15, -0.1) is 30.6 Å². The van der Waals surface area contributed by atoms with Crippen molar-refractivity contribution in [2.24, 2.45) is 5.92 Å². The lowest BCUT2D eigenvalue weighted by Crippen LogP contribution is -2.27. The summed E-state index contributed by atoms with van der Waals surface area (Å²) in [6, 6.07) is 29.2. The van der Waals surface area contributed by atoms with E-state index in [0.29, 0.717) is 87.6 Å². The number of aromatic nitrogens is 9. The highest BCUT2D eigenvalue weighted by molar-refractivity contribution is 8.01. The SMILES string of the molecule is CCn1c(SC(F)C(=O)Nc2ccc(-c3cc(-c4nnc(SC5(C(=O)Nc6ccccc6)CC5)n4CC)co3)cc2)nnc1-c1coc(-c2ccc(NC(=O)C(Sc3nnc(-c4ccoc4)n3CC)C3CC3)cc2)c1. The van der Waals surface area contributed by atoms with Crippen LogP contribution in [0.5, 0.6) is 0 Å². The average Bonchev–Trinajstić information content (AvgIpc) is 3.86. The lowest BCUT2D eigenvalue weighted by Gasteiger charge is -2.16. The smallest absolute Gasteiger partial charge is 0.269 e. The summed E-state index contributed by atoms with van der Waals surface area (Å²) >= 11 is 3.52. The van der Waals surface area contributed by atoms with Gasteiger partial charge in [0.05, 0.1) is 28.2 Å². The fourth-order valence-corrected chi connectivity index (χ4v) is 11.8. The standard InChI is InChI=1S/C53H49FN12O6S3/c1-4-64-44(34-22-25-70-28-34)58-61-50(64)73-42(33-12-13-33)47(67)55-38-18-14-31(15-19-38)40-26-35(29-71-40)45-59-62-51(65(45)5-2)74-43(54)48(68)56-39-20-16-32(17-21-39)41-27-36(30-72-41)46-60-63-52(66(46)6-3)75-53(23-24-53)49(69)57-37-10-8-7-9-11-37/h7-11,14-22,25-30,33,42-43H,4-6,12-13,23-24H2,1-3H3,(H,55,67)(H,56,68)(H,57,69). The van der Waals surface area contributed by atoms with E-state index in [1.165, 1.54) is 23.5 Å². The van der Waals surface area contributed by atoms with Crippen LogP contribution < -0.4 is 16.0 Å². The molecule has 0 aliphatic heterocycles. The van der Waals surface area contributed by atoms with Crippen molar-refractivity contribution < 1.29 is 32.0 Å². The molecule has 2 aliphatic rings.